The number of fused-ring (bicyclic) bond motifs is 1. The van der Waals surface area contributed by atoms with Crippen molar-refractivity contribution in [3.63, 3.8) is 0 Å². The van der Waals surface area contributed by atoms with Crippen molar-refractivity contribution >= 4 is 58.9 Å². The van der Waals surface area contributed by atoms with Crippen LogP contribution in [0.25, 0.3) is 0 Å². The van der Waals surface area contributed by atoms with Crippen molar-refractivity contribution in [2.45, 2.75) is 58.9 Å². The minimum atomic E-state index is -0.201. The SMILES string of the molecule is CCCCN1C(=O)c2c(Sc3ccccc3)c(Sc3ccccc3)c(Sc3ccccc3)c(Sc3ccccc3)c2C1=O. The predicted molar refractivity (Wildman–Crippen MR) is 179 cm³/mol. The lowest BCUT2D eigenvalue weighted by Crippen LogP contribution is -2.30. The molecule has 214 valence electrons. The fraction of sp³-hybridized carbons (Fsp3) is 0.111. The van der Waals surface area contributed by atoms with Crippen LogP contribution < -0.4 is 0 Å². The molecular formula is C36H29NO2S4. The molecule has 5 aromatic carbocycles. The number of nitrogens with zero attached hydrogens (tertiary/aromatic N) is 1. The molecule has 0 radical (unpaired) electrons. The number of hydrogen-bond acceptors (Lipinski definition) is 6. The number of hydrogen-bond donors (Lipinski definition) is 0. The first-order valence-corrected chi connectivity index (χ1v) is 17.4. The predicted octanol–water partition coefficient (Wildman–Crippen LogP) is 10.7. The summed E-state index contributed by atoms with van der Waals surface area (Å²) < 4.78 is 0. The Morgan fingerprint density at radius 1 is 0.465 bits per heavy atom. The van der Waals surface area contributed by atoms with E-state index in [2.05, 4.69) is 55.5 Å². The van der Waals surface area contributed by atoms with Crippen LogP contribution in [0.5, 0.6) is 0 Å². The van der Waals surface area contributed by atoms with Crippen LogP contribution in [0.4, 0.5) is 0 Å². The summed E-state index contributed by atoms with van der Waals surface area (Å²) >= 11 is 6.44. The van der Waals surface area contributed by atoms with E-state index in [1.807, 2.05) is 72.8 Å². The molecule has 0 saturated heterocycles. The first-order valence-electron chi connectivity index (χ1n) is 14.2. The second-order valence-electron chi connectivity index (χ2n) is 9.84. The fourth-order valence-corrected chi connectivity index (χ4v) is 9.50. The van der Waals surface area contributed by atoms with Crippen molar-refractivity contribution in [1.82, 2.24) is 4.90 Å². The van der Waals surface area contributed by atoms with E-state index in [4.69, 9.17) is 0 Å². The summed E-state index contributed by atoms with van der Waals surface area (Å²) in [5, 5.41) is 0. The molecule has 2 amide bonds. The molecule has 43 heavy (non-hydrogen) atoms. The van der Waals surface area contributed by atoms with Gasteiger partial charge in [0, 0.05) is 45.7 Å². The summed E-state index contributed by atoms with van der Waals surface area (Å²) in [4.78, 5) is 37.8. The molecule has 7 heteroatoms. The Bertz CT molecular complexity index is 1600. The first kappa shape index (κ1) is 29.7. The summed E-state index contributed by atoms with van der Waals surface area (Å²) in [6.45, 7) is 2.49. The topological polar surface area (TPSA) is 37.4 Å². The third-order valence-electron chi connectivity index (χ3n) is 6.83. The number of carbonyl (C=O) groups is 2. The Hall–Kier alpha value is -3.36. The van der Waals surface area contributed by atoms with Gasteiger partial charge in [0.25, 0.3) is 11.8 Å². The van der Waals surface area contributed by atoms with E-state index >= 15 is 0 Å². The standard InChI is InChI=1S/C36H29NO2S4/c1-2-3-24-37-35(38)29-30(36(37)39)32(41-26-18-10-5-11-19-26)34(43-28-22-14-7-15-23-28)33(42-27-20-12-6-13-21-27)31(29)40-25-16-8-4-9-17-25/h4-23H,2-3,24H2,1H3. The molecule has 0 spiro atoms. The van der Waals surface area contributed by atoms with Crippen molar-refractivity contribution in [1.29, 1.82) is 0 Å². The van der Waals surface area contributed by atoms with E-state index in [1.54, 1.807) is 47.0 Å². The number of carbonyl (C=O) groups excluding carboxylic acids is 2. The van der Waals surface area contributed by atoms with Crippen LogP contribution in [0.2, 0.25) is 0 Å². The van der Waals surface area contributed by atoms with Crippen molar-refractivity contribution in [3.05, 3.63) is 132 Å². The minimum absolute atomic E-state index is 0.201. The summed E-state index contributed by atoms with van der Waals surface area (Å²) in [5.74, 6) is -0.402. The molecule has 0 saturated carbocycles. The lowest BCUT2D eigenvalue weighted by molar-refractivity contribution is 0.0650. The Balaban J connectivity index is 1.66. The molecule has 3 nitrogen and oxygen atoms in total. The molecule has 1 aliphatic rings. The third kappa shape index (κ3) is 6.60. The maximum Gasteiger partial charge on any atom is 0.262 e. The second-order valence-corrected chi connectivity index (χ2v) is 14.2. The summed E-state index contributed by atoms with van der Waals surface area (Å²) in [7, 11) is 0. The number of imide groups is 1. The highest BCUT2D eigenvalue weighted by Crippen LogP contribution is 2.55. The minimum Gasteiger partial charge on any atom is -0.274 e. The molecule has 0 N–H and O–H groups in total. The van der Waals surface area contributed by atoms with Crippen LogP contribution in [0.15, 0.2) is 160 Å². The Labute approximate surface area is 269 Å². The number of rotatable bonds is 11. The van der Waals surface area contributed by atoms with Gasteiger partial charge in [-0.15, -0.1) is 0 Å². The molecule has 0 aromatic heterocycles. The van der Waals surface area contributed by atoms with Gasteiger partial charge in [0.15, 0.2) is 0 Å². The van der Waals surface area contributed by atoms with Crippen molar-refractivity contribution in [3.8, 4) is 0 Å². The zero-order valence-electron chi connectivity index (χ0n) is 23.6. The average molecular weight is 636 g/mol. The molecule has 6 rings (SSSR count). The van der Waals surface area contributed by atoms with Gasteiger partial charge < -0.3 is 0 Å². The Morgan fingerprint density at radius 2 is 0.767 bits per heavy atom. The molecule has 1 heterocycles. The zero-order chi connectivity index (χ0) is 29.6. The van der Waals surface area contributed by atoms with Gasteiger partial charge in [0.1, 0.15) is 0 Å². The average Bonchev–Trinajstić information content (AvgIpc) is 3.30. The molecule has 0 fully saturated rings. The maximum absolute atomic E-state index is 14.3. The summed E-state index contributed by atoms with van der Waals surface area (Å²) in [6, 6.07) is 40.8. The quantitative estimate of drug-likeness (QED) is 0.134. The van der Waals surface area contributed by atoms with E-state index in [0.29, 0.717) is 17.7 Å². The van der Waals surface area contributed by atoms with Gasteiger partial charge in [-0.25, -0.2) is 0 Å². The van der Waals surface area contributed by atoms with E-state index in [1.165, 1.54) is 4.90 Å². The third-order valence-corrected chi connectivity index (χ3v) is 11.7. The number of benzene rings is 5. The van der Waals surface area contributed by atoms with E-state index in [-0.39, 0.29) is 11.8 Å². The van der Waals surface area contributed by atoms with E-state index in [9.17, 15) is 9.59 Å². The lowest BCUT2D eigenvalue weighted by Gasteiger charge is -2.21. The molecule has 0 atom stereocenters. The molecule has 0 unspecified atom stereocenters. The molecule has 5 aromatic rings. The van der Waals surface area contributed by atoms with Crippen molar-refractivity contribution in [2.24, 2.45) is 0 Å². The lowest BCUT2D eigenvalue weighted by atomic mass is 10.1. The Morgan fingerprint density at radius 3 is 1.07 bits per heavy atom. The van der Waals surface area contributed by atoms with Crippen LogP contribution in [0, 0.1) is 0 Å². The monoisotopic (exact) mass is 635 g/mol. The van der Waals surface area contributed by atoms with Crippen molar-refractivity contribution < 1.29 is 9.59 Å². The van der Waals surface area contributed by atoms with Crippen LogP contribution in [-0.4, -0.2) is 23.3 Å². The highest BCUT2D eigenvalue weighted by atomic mass is 32.2. The largest absolute Gasteiger partial charge is 0.274 e. The van der Waals surface area contributed by atoms with Crippen LogP contribution in [0.3, 0.4) is 0 Å². The Kier molecular flexibility index (Phi) is 9.64. The molecule has 0 aliphatic carbocycles. The zero-order valence-corrected chi connectivity index (χ0v) is 26.8. The van der Waals surface area contributed by atoms with Gasteiger partial charge >= 0.3 is 0 Å². The van der Waals surface area contributed by atoms with Gasteiger partial charge in [-0.3, -0.25) is 14.5 Å². The van der Waals surface area contributed by atoms with Crippen LogP contribution in [-0.2, 0) is 0 Å². The van der Waals surface area contributed by atoms with Crippen LogP contribution in [0.1, 0.15) is 40.5 Å². The highest BCUT2D eigenvalue weighted by molar-refractivity contribution is 8.05. The fourth-order valence-electron chi connectivity index (χ4n) is 4.76. The smallest absolute Gasteiger partial charge is 0.262 e. The van der Waals surface area contributed by atoms with Crippen LogP contribution >= 0.6 is 47.0 Å². The molecule has 1 aliphatic heterocycles. The van der Waals surface area contributed by atoms with Gasteiger partial charge in [-0.1, -0.05) is 133 Å². The van der Waals surface area contributed by atoms with E-state index in [0.717, 1.165) is 52.0 Å². The normalized spacial score (nSPS) is 12.5. The summed E-state index contributed by atoms with van der Waals surface area (Å²) in [6.07, 6.45) is 1.67. The number of amides is 2. The molecule has 0 bridgehead atoms. The van der Waals surface area contributed by atoms with Gasteiger partial charge in [-0.05, 0) is 55.0 Å². The molecular weight excluding hydrogens is 607 g/mol. The van der Waals surface area contributed by atoms with Gasteiger partial charge in [0.05, 0.1) is 11.1 Å². The maximum atomic E-state index is 14.3. The van der Waals surface area contributed by atoms with Gasteiger partial charge in [0.2, 0.25) is 0 Å². The highest BCUT2D eigenvalue weighted by Gasteiger charge is 2.43. The van der Waals surface area contributed by atoms with E-state index < -0.39 is 0 Å². The summed E-state index contributed by atoms with van der Waals surface area (Å²) in [5.41, 5.74) is 1.04. The van der Waals surface area contributed by atoms with Gasteiger partial charge in [-0.2, -0.15) is 0 Å². The number of unbranched alkanes of at least 4 members (excludes halogenated alkanes) is 1. The second kappa shape index (κ2) is 14.0. The van der Waals surface area contributed by atoms with Crippen molar-refractivity contribution in [2.75, 3.05) is 6.54 Å². The first-order chi connectivity index (χ1) is 21.1.